The number of benzene rings is 2. The van der Waals surface area contributed by atoms with Gasteiger partial charge in [0.15, 0.2) is 4.80 Å². The lowest BCUT2D eigenvalue weighted by Gasteiger charge is -2.15. The molecule has 2 aromatic carbocycles. The first kappa shape index (κ1) is 21.0. The average molecular weight is 444 g/mol. The van der Waals surface area contributed by atoms with E-state index in [9.17, 15) is 13.2 Å². The molecule has 1 saturated heterocycles. The van der Waals surface area contributed by atoms with Crippen LogP contribution in [0.25, 0.3) is 10.2 Å². The summed E-state index contributed by atoms with van der Waals surface area (Å²) in [7, 11) is -3.49. The Kier molecular flexibility index (Phi) is 5.65. The van der Waals surface area contributed by atoms with Crippen molar-refractivity contribution in [2.45, 2.75) is 45.1 Å². The Hall–Kier alpha value is -2.29. The normalized spacial score (nSPS) is 15.9. The van der Waals surface area contributed by atoms with Crippen molar-refractivity contribution in [2.24, 2.45) is 4.99 Å². The van der Waals surface area contributed by atoms with Crippen molar-refractivity contribution in [1.29, 1.82) is 0 Å². The molecule has 1 aliphatic rings. The fourth-order valence-corrected chi connectivity index (χ4v) is 6.49. The number of nitrogens with zero attached hydrogens (tertiary/aromatic N) is 3. The van der Waals surface area contributed by atoms with Gasteiger partial charge in [-0.3, -0.25) is 4.79 Å². The van der Waals surface area contributed by atoms with E-state index in [0.29, 0.717) is 30.0 Å². The van der Waals surface area contributed by atoms with Crippen LogP contribution in [0.2, 0.25) is 0 Å². The second-order valence-corrected chi connectivity index (χ2v) is 10.5. The fourth-order valence-electron chi connectivity index (χ4n) is 3.82. The summed E-state index contributed by atoms with van der Waals surface area (Å²) < 4.78 is 30.0. The zero-order chi connectivity index (χ0) is 21.5. The van der Waals surface area contributed by atoms with Crippen LogP contribution in [-0.4, -0.2) is 36.3 Å². The molecule has 8 heteroatoms. The number of aryl methyl sites for hydroxylation is 3. The second-order valence-electron chi connectivity index (χ2n) is 7.54. The number of carbonyl (C=O) groups is 1. The van der Waals surface area contributed by atoms with Crippen LogP contribution >= 0.6 is 11.3 Å². The standard InChI is InChI=1S/C22H25N3O3S2/c1-4-25-20-16(3)15(2)7-12-19(20)29-22(25)23-21(26)17-8-10-18(11-9-17)30(27,28)24-13-5-6-14-24/h7-12H,4-6,13-14H2,1-3H3. The highest BCUT2D eigenvalue weighted by Crippen LogP contribution is 2.24. The molecule has 0 radical (unpaired) electrons. The Labute approximate surface area is 180 Å². The van der Waals surface area contributed by atoms with Crippen LogP contribution in [0.1, 0.15) is 41.3 Å². The molecule has 0 unspecified atom stereocenters. The number of carbonyl (C=O) groups excluding carboxylic acids is 1. The van der Waals surface area contributed by atoms with Gasteiger partial charge >= 0.3 is 0 Å². The number of hydrogen-bond acceptors (Lipinski definition) is 4. The average Bonchev–Trinajstić information content (AvgIpc) is 3.39. The van der Waals surface area contributed by atoms with Gasteiger partial charge in [0.1, 0.15) is 0 Å². The van der Waals surface area contributed by atoms with Gasteiger partial charge in [-0.15, -0.1) is 0 Å². The quantitative estimate of drug-likeness (QED) is 0.615. The first-order valence-electron chi connectivity index (χ1n) is 10.1. The molecule has 158 valence electrons. The van der Waals surface area contributed by atoms with E-state index in [1.54, 1.807) is 12.1 Å². The Morgan fingerprint density at radius 1 is 1.07 bits per heavy atom. The van der Waals surface area contributed by atoms with Gasteiger partial charge in [0.25, 0.3) is 5.91 Å². The minimum absolute atomic E-state index is 0.220. The Morgan fingerprint density at radius 2 is 1.73 bits per heavy atom. The zero-order valence-electron chi connectivity index (χ0n) is 17.4. The van der Waals surface area contributed by atoms with Crippen LogP contribution in [0.15, 0.2) is 46.3 Å². The van der Waals surface area contributed by atoms with E-state index in [0.717, 1.165) is 23.1 Å². The molecule has 1 fully saturated rings. The Morgan fingerprint density at radius 3 is 2.37 bits per heavy atom. The molecule has 0 N–H and O–H groups in total. The van der Waals surface area contributed by atoms with Gasteiger partial charge in [-0.1, -0.05) is 17.4 Å². The summed E-state index contributed by atoms with van der Waals surface area (Å²) in [6, 6.07) is 10.3. The topological polar surface area (TPSA) is 71.7 Å². The molecule has 0 spiro atoms. The molecule has 3 aromatic rings. The number of amides is 1. The number of sulfonamides is 1. The van der Waals surface area contributed by atoms with Crippen LogP contribution in [0, 0.1) is 13.8 Å². The molecule has 1 amide bonds. The van der Waals surface area contributed by atoms with Crippen molar-refractivity contribution < 1.29 is 13.2 Å². The minimum atomic E-state index is -3.49. The predicted octanol–water partition coefficient (Wildman–Crippen LogP) is 3.87. The van der Waals surface area contributed by atoms with E-state index < -0.39 is 10.0 Å². The van der Waals surface area contributed by atoms with Crippen molar-refractivity contribution >= 4 is 37.5 Å². The molecule has 0 aliphatic carbocycles. The summed E-state index contributed by atoms with van der Waals surface area (Å²) in [5.74, 6) is -0.372. The molecule has 1 aromatic heterocycles. The van der Waals surface area contributed by atoms with Gasteiger partial charge in [-0.05, 0) is 75.1 Å². The highest BCUT2D eigenvalue weighted by molar-refractivity contribution is 7.89. The molecule has 30 heavy (non-hydrogen) atoms. The maximum Gasteiger partial charge on any atom is 0.279 e. The van der Waals surface area contributed by atoms with Crippen LogP contribution in [0.5, 0.6) is 0 Å². The van der Waals surface area contributed by atoms with Crippen LogP contribution in [0.4, 0.5) is 0 Å². The lowest BCUT2D eigenvalue weighted by atomic mass is 10.1. The highest BCUT2D eigenvalue weighted by atomic mass is 32.2. The molecule has 2 heterocycles. The molecule has 0 bridgehead atoms. The summed E-state index contributed by atoms with van der Waals surface area (Å²) in [6.45, 7) is 8.02. The third kappa shape index (κ3) is 3.64. The molecule has 0 saturated carbocycles. The minimum Gasteiger partial charge on any atom is -0.316 e. The SMILES string of the molecule is CCn1c(=NC(=O)c2ccc(S(=O)(=O)N3CCCC3)cc2)sc2ccc(C)c(C)c21. The van der Waals surface area contributed by atoms with E-state index in [1.807, 2.05) is 6.92 Å². The lowest BCUT2D eigenvalue weighted by Crippen LogP contribution is -2.27. The Bertz CT molecular complexity index is 1280. The first-order chi connectivity index (χ1) is 14.3. The number of thiazole rings is 1. The van der Waals surface area contributed by atoms with Crippen LogP contribution in [0.3, 0.4) is 0 Å². The smallest absolute Gasteiger partial charge is 0.279 e. The molecular weight excluding hydrogens is 418 g/mol. The zero-order valence-corrected chi connectivity index (χ0v) is 19.0. The Balaban J connectivity index is 1.69. The van der Waals surface area contributed by atoms with Crippen LogP contribution < -0.4 is 4.80 Å². The second kappa shape index (κ2) is 8.09. The predicted molar refractivity (Wildman–Crippen MR) is 119 cm³/mol. The summed E-state index contributed by atoms with van der Waals surface area (Å²) in [5.41, 5.74) is 3.88. The van der Waals surface area contributed by atoms with Gasteiger partial charge in [-0.25, -0.2) is 8.42 Å². The van der Waals surface area contributed by atoms with Crippen molar-refractivity contribution in [3.05, 3.63) is 57.9 Å². The van der Waals surface area contributed by atoms with E-state index in [4.69, 9.17) is 0 Å². The van der Waals surface area contributed by atoms with Crippen molar-refractivity contribution in [2.75, 3.05) is 13.1 Å². The molecule has 4 rings (SSSR count). The van der Waals surface area contributed by atoms with Gasteiger partial charge < -0.3 is 4.57 Å². The van der Waals surface area contributed by atoms with Gasteiger partial charge in [0, 0.05) is 25.2 Å². The van der Waals surface area contributed by atoms with Crippen molar-refractivity contribution in [1.82, 2.24) is 8.87 Å². The monoisotopic (exact) mass is 443 g/mol. The molecule has 6 nitrogen and oxygen atoms in total. The largest absolute Gasteiger partial charge is 0.316 e. The third-order valence-electron chi connectivity index (χ3n) is 5.68. The van der Waals surface area contributed by atoms with Gasteiger partial charge in [0.05, 0.1) is 15.1 Å². The maximum absolute atomic E-state index is 12.8. The van der Waals surface area contributed by atoms with Gasteiger partial charge in [0.2, 0.25) is 10.0 Å². The summed E-state index contributed by atoms with van der Waals surface area (Å²) in [5, 5.41) is 0. The van der Waals surface area contributed by atoms with Crippen LogP contribution in [-0.2, 0) is 16.6 Å². The molecule has 1 aliphatic heterocycles. The first-order valence-corrected chi connectivity index (χ1v) is 12.4. The van der Waals surface area contributed by atoms with E-state index in [-0.39, 0.29) is 10.8 Å². The lowest BCUT2D eigenvalue weighted by molar-refractivity contribution is 0.0997. The van der Waals surface area contributed by atoms with Crippen molar-refractivity contribution in [3.8, 4) is 0 Å². The molecular formula is C22H25N3O3S2. The highest BCUT2D eigenvalue weighted by Gasteiger charge is 2.27. The van der Waals surface area contributed by atoms with E-state index >= 15 is 0 Å². The van der Waals surface area contributed by atoms with Gasteiger partial charge in [-0.2, -0.15) is 9.30 Å². The fraction of sp³-hybridized carbons (Fsp3) is 0.364. The molecule has 0 atom stereocenters. The van der Waals surface area contributed by atoms with Crippen molar-refractivity contribution in [3.63, 3.8) is 0 Å². The van der Waals surface area contributed by atoms with E-state index in [1.165, 1.54) is 38.9 Å². The number of fused-ring (bicyclic) bond motifs is 1. The summed E-state index contributed by atoms with van der Waals surface area (Å²) >= 11 is 1.49. The number of aromatic nitrogens is 1. The summed E-state index contributed by atoms with van der Waals surface area (Å²) in [4.78, 5) is 18.0. The summed E-state index contributed by atoms with van der Waals surface area (Å²) in [6.07, 6.45) is 1.78. The number of hydrogen-bond donors (Lipinski definition) is 0. The maximum atomic E-state index is 12.8. The third-order valence-corrected chi connectivity index (χ3v) is 8.64. The number of rotatable bonds is 4. The van der Waals surface area contributed by atoms with E-state index in [2.05, 4.69) is 35.5 Å².